The smallest absolute Gasteiger partial charge is 0.240 e. The van der Waals surface area contributed by atoms with E-state index < -0.39 is 20.8 Å². The Balaban J connectivity index is 3.06. The highest BCUT2D eigenvalue weighted by Gasteiger charge is 2.20. The molecule has 0 amide bonds. The van der Waals surface area contributed by atoms with Gasteiger partial charge in [0, 0.05) is 34.5 Å². The van der Waals surface area contributed by atoms with Crippen LogP contribution in [0.2, 0.25) is 0 Å². The van der Waals surface area contributed by atoms with Gasteiger partial charge in [0.25, 0.3) is 0 Å². The van der Waals surface area contributed by atoms with Gasteiger partial charge >= 0.3 is 0 Å². The van der Waals surface area contributed by atoms with Gasteiger partial charge in [-0.1, -0.05) is 20.8 Å². The van der Waals surface area contributed by atoms with Gasteiger partial charge in [-0.2, -0.15) is 0 Å². The molecule has 0 aromatic heterocycles. The summed E-state index contributed by atoms with van der Waals surface area (Å²) in [6, 6.07) is 3.50. The number of hydrogen-bond acceptors (Lipinski definition) is 4. The number of benzene rings is 1. The minimum Gasteiger partial charge on any atom is -0.398 e. The Morgan fingerprint density at radius 3 is 2.38 bits per heavy atom. The average Bonchev–Trinajstić information content (AvgIpc) is 2.45. The fourth-order valence-corrected chi connectivity index (χ4v) is 4.23. The Kier molecular flexibility index (Phi) is 6.83. The van der Waals surface area contributed by atoms with Crippen molar-refractivity contribution < 1.29 is 12.6 Å². The van der Waals surface area contributed by atoms with Crippen molar-refractivity contribution in [3.8, 4) is 0 Å². The van der Waals surface area contributed by atoms with E-state index in [1.807, 2.05) is 26.8 Å². The van der Waals surface area contributed by atoms with E-state index in [0.717, 1.165) is 12.0 Å². The third-order valence-corrected chi connectivity index (χ3v) is 6.13. The maximum atomic E-state index is 12.4. The molecule has 21 heavy (non-hydrogen) atoms. The van der Waals surface area contributed by atoms with Crippen molar-refractivity contribution in [3.05, 3.63) is 23.3 Å². The van der Waals surface area contributed by atoms with E-state index in [1.54, 1.807) is 6.07 Å². The zero-order chi connectivity index (χ0) is 16.0. The number of anilines is 1. The van der Waals surface area contributed by atoms with Gasteiger partial charge in [0.15, 0.2) is 0 Å². The molecule has 5 nitrogen and oxygen atoms in total. The van der Waals surface area contributed by atoms with Gasteiger partial charge in [-0.15, -0.1) is 0 Å². The molecule has 1 aromatic carbocycles. The number of nitrogens with one attached hydrogen (secondary N) is 1. The lowest BCUT2D eigenvalue weighted by atomic mass is 10.1. The summed E-state index contributed by atoms with van der Waals surface area (Å²) in [6.07, 6.45) is 1.27. The fraction of sp³-hybridized carbons (Fsp3) is 0.571. The molecule has 120 valence electrons. The molecule has 1 rings (SSSR count). The summed E-state index contributed by atoms with van der Waals surface area (Å²) >= 11 is 0. The molecule has 0 aliphatic rings. The molecule has 0 radical (unpaired) electrons. The van der Waals surface area contributed by atoms with E-state index in [2.05, 4.69) is 4.72 Å². The number of nitrogen functional groups attached to an aromatic ring is 1. The van der Waals surface area contributed by atoms with Crippen LogP contribution < -0.4 is 10.5 Å². The number of rotatable bonds is 8. The molecule has 0 saturated carbocycles. The third kappa shape index (κ3) is 4.79. The first-order valence-electron chi connectivity index (χ1n) is 7.11. The molecule has 1 aromatic rings. The van der Waals surface area contributed by atoms with Gasteiger partial charge < -0.3 is 5.73 Å². The van der Waals surface area contributed by atoms with Crippen molar-refractivity contribution in [2.75, 3.05) is 23.8 Å². The summed E-state index contributed by atoms with van der Waals surface area (Å²) in [5.41, 5.74) is 8.00. The molecule has 0 heterocycles. The topological polar surface area (TPSA) is 89.3 Å². The summed E-state index contributed by atoms with van der Waals surface area (Å²) in [5, 5.41) is 0. The molecule has 1 atom stereocenters. The molecule has 3 N–H and O–H groups in total. The molecule has 0 fully saturated rings. The van der Waals surface area contributed by atoms with Gasteiger partial charge in [-0.25, -0.2) is 13.1 Å². The molecule has 7 heteroatoms. The Labute approximate surface area is 129 Å². The monoisotopic (exact) mass is 332 g/mol. The molecule has 0 saturated heterocycles. The Bertz CT molecular complexity index is 613. The summed E-state index contributed by atoms with van der Waals surface area (Å²) in [5.74, 6) is 0.848. The molecular weight excluding hydrogens is 308 g/mol. The van der Waals surface area contributed by atoms with E-state index in [-0.39, 0.29) is 11.4 Å². The predicted molar refractivity (Wildman–Crippen MR) is 88.3 cm³/mol. The van der Waals surface area contributed by atoms with Crippen molar-refractivity contribution in [2.45, 2.75) is 38.5 Å². The second-order valence-electron chi connectivity index (χ2n) is 4.70. The lowest BCUT2D eigenvalue weighted by molar-refractivity contribution is 0.582. The highest BCUT2D eigenvalue weighted by molar-refractivity contribution is 7.89. The first-order chi connectivity index (χ1) is 9.85. The SMILES string of the molecule is CCc1cc(N)c(CC)c(S(=O)(=O)NCCS(=O)CC)c1. The highest BCUT2D eigenvalue weighted by atomic mass is 32.2. The van der Waals surface area contributed by atoms with E-state index in [4.69, 9.17) is 5.73 Å². The molecule has 0 bridgehead atoms. The Morgan fingerprint density at radius 1 is 1.19 bits per heavy atom. The molecule has 0 aliphatic heterocycles. The van der Waals surface area contributed by atoms with Gasteiger partial charge in [0.1, 0.15) is 0 Å². The van der Waals surface area contributed by atoms with Crippen molar-refractivity contribution in [1.29, 1.82) is 0 Å². The Hall–Kier alpha value is -0.920. The van der Waals surface area contributed by atoms with Gasteiger partial charge in [-0.3, -0.25) is 4.21 Å². The summed E-state index contributed by atoms with van der Waals surface area (Å²) in [7, 11) is -4.61. The average molecular weight is 332 g/mol. The summed E-state index contributed by atoms with van der Waals surface area (Å²) < 4.78 is 38.8. The normalized spacial score (nSPS) is 13.3. The number of hydrogen-bond donors (Lipinski definition) is 2. The number of aryl methyl sites for hydroxylation is 1. The fourth-order valence-electron chi connectivity index (χ4n) is 2.06. The number of sulfonamides is 1. The third-order valence-electron chi connectivity index (χ3n) is 3.30. The van der Waals surface area contributed by atoms with E-state index in [0.29, 0.717) is 29.2 Å². The van der Waals surface area contributed by atoms with E-state index in [9.17, 15) is 12.6 Å². The standard InChI is InChI=1S/C14H24N2O3S2/c1-4-11-9-13(15)12(5-2)14(10-11)21(18,19)16-7-8-20(17)6-3/h9-10,16H,4-8,15H2,1-3H3. The van der Waals surface area contributed by atoms with Crippen molar-refractivity contribution in [1.82, 2.24) is 4.72 Å². The van der Waals surface area contributed by atoms with Crippen molar-refractivity contribution in [2.24, 2.45) is 0 Å². The van der Waals surface area contributed by atoms with Crippen LogP contribution in [0.4, 0.5) is 5.69 Å². The van der Waals surface area contributed by atoms with Crippen LogP contribution in [0.1, 0.15) is 31.9 Å². The zero-order valence-electron chi connectivity index (χ0n) is 12.8. The first-order valence-corrected chi connectivity index (χ1v) is 10.1. The second kappa shape index (κ2) is 7.91. The molecule has 0 spiro atoms. The van der Waals surface area contributed by atoms with Crippen LogP contribution in [0.3, 0.4) is 0 Å². The largest absolute Gasteiger partial charge is 0.398 e. The molecule has 0 aliphatic carbocycles. The number of nitrogens with two attached hydrogens (primary N) is 1. The Morgan fingerprint density at radius 2 is 1.86 bits per heavy atom. The lowest BCUT2D eigenvalue weighted by Gasteiger charge is -2.14. The first kappa shape index (κ1) is 18.1. The van der Waals surface area contributed by atoms with Gasteiger partial charge in [-0.05, 0) is 36.1 Å². The second-order valence-corrected chi connectivity index (χ2v) is 8.30. The van der Waals surface area contributed by atoms with Crippen LogP contribution in [0, 0.1) is 0 Å². The van der Waals surface area contributed by atoms with Crippen LogP contribution in [0.5, 0.6) is 0 Å². The minimum atomic E-state index is -3.63. The van der Waals surface area contributed by atoms with Crippen molar-refractivity contribution >= 4 is 26.5 Å². The summed E-state index contributed by atoms with van der Waals surface area (Å²) in [4.78, 5) is 0.240. The minimum absolute atomic E-state index is 0.169. The quantitative estimate of drug-likeness (QED) is 0.705. The highest BCUT2D eigenvalue weighted by Crippen LogP contribution is 2.25. The van der Waals surface area contributed by atoms with Gasteiger partial charge in [0.2, 0.25) is 10.0 Å². The maximum Gasteiger partial charge on any atom is 0.240 e. The molecule has 1 unspecified atom stereocenters. The maximum absolute atomic E-state index is 12.4. The zero-order valence-corrected chi connectivity index (χ0v) is 14.4. The van der Waals surface area contributed by atoms with Crippen LogP contribution in [-0.4, -0.2) is 30.7 Å². The molecular formula is C14H24N2O3S2. The van der Waals surface area contributed by atoms with Crippen LogP contribution in [0.15, 0.2) is 17.0 Å². The van der Waals surface area contributed by atoms with Crippen LogP contribution in [-0.2, 0) is 33.7 Å². The van der Waals surface area contributed by atoms with Crippen LogP contribution >= 0.6 is 0 Å². The van der Waals surface area contributed by atoms with Gasteiger partial charge in [0.05, 0.1) is 4.90 Å². The summed E-state index contributed by atoms with van der Waals surface area (Å²) in [6.45, 7) is 5.81. The van der Waals surface area contributed by atoms with E-state index >= 15 is 0 Å². The lowest BCUT2D eigenvalue weighted by Crippen LogP contribution is -2.29. The van der Waals surface area contributed by atoms with Crippen molar-refractivity contribution in [3.63, 3.8) is 0 Å². The predicted octanol–water partition coefficient (Wildman–Crippen LogP) is 1.44. The van der Waals surface area contributed by atoms with E-state index in [1.165, 1.54) is 0 Å². The van der Waals surface area contributed by atoms with Crippen LogP contribution in [0.25, 0.3) is 0 Å².